The van der Waals surface area contributed by atoms with Crippen LogP contribution in [0.15, 0.2) is 82.6 Å². The van der Waals surface area contributed by atoms with E-state index in [2.05, 4.69) is 0 Å². The number of aromatic nitrogens is 1. The van der Waals surface area contributed by atoms with Gasteiger partial charge in [0, 0.05) is 16.8 Å². The number of rotatable bonds is 5. The van der Waals surface area contributed by atoms with Crippen molar-refractivity contribution in [3.63, 3.8) is 0 Å². The first-order valence-electron chi connectivity index (χ1n) is 8.86. The normalized spacial score (nSPS) is 11.1. The van der Waals surface area contributed by atoms with Gasteiger partial charge in [-0.1, -0.05) is 59.8 Å². The number of halogens is 1. The fraction of sp³-hybridized carbons (Fsp3) is 0.0870. The van der Waals surface area contributed by atoms with E-state index in [9.17, 15) is 14.3 Å². The third kappa shape index (κ3) is 3.53. The van der Waals surface area contributed by atoms with Crippen LogP contribution in [0.2, 0.25) is 0 Å². The van der Waals surface area contributed by atoms with Crippen LogP contribution in [-0.2, 0) is 6.54 Å². The third-order valence-corrected chi connectivity index (χ3v) is 5.73. The molecular weight excluding hydrogens is 373 g/mol. The van der Waals surface area contributed by atoms with Crippen LogP contribution < -0.4 is 0 Å². The van der Waals surface area contributed by atoms with Crippen LogP contribution in [0.4, 0.5) is 4.39 Å². The average molecular weight is 391 g/mol. The second-order valence-electron chi connectivity index (χ2n) is 6.63. The quantitative estimate of drug-likeness (QED) is 0.455. The van der Waals surface area contributed by atoms with E-state index in [0.29, 0.717) is 22.3 Å². The molecule has 0 unspecified atom stereocenters. The number of carbonyl (C=O) groups is 1. The average Bonchev–Trinajstić information content (AvgIpc) is 2.97. The molecule has 4 rings (SSSR count). The van der Waals surface area contributed by atoms with Gasteiger partial charge < -0.3 is 9.67 Å². The monoisotopic (exact) mass is 391 g/mol. The molecule has 3 aromatic carbocycles. The molecule has 28 heavy (non-hydrogen) atoms. The maximum absolute atomic E-state index is 14.0. The molecular formula is C23H18FNO2S. The number of fused-ring (bicyclic) bond motifs is 1. The maximum Gasteiger partial charge on any atom is 0.353 e. The van der Waals surface area contributed by atoms with Gasteiger partial charge in [0.25, 0.3) is 0 Å². The first kappa shape index (κ1) is 18.3. The van der Waals surface area contributed by atoms with Crippen LogP contribution in [0.1, 0.15) is 21.6 Å². The molecule has 0 saturated carbocycles. The van der Waals surface area contributed by atoms with Gasteiger partial charge in [0.2, 0.25) is 0 Å². The molecule has 0 aliphatic carbocycles. The Morgan fingerprint density at radius 3 is 2.43 bits per heavy atom. The molecule has 0 bridgehead atoms. The van der Waals surface area contributed by atoms with Crippen molar-refractivity contribution in [1.82, 2.24) is 4.57 Å². The van der Waals surface area contributed by atoms with Gasteiger partial charge in [0.1, 0.15) is 11.5 Å². The predicted molar refractivity (Wildman–Crippen MR) is 110 cm³/mol. The van der Waals surface area contributed by atoms with Gasteiger partial charge in [0.15, 0.2) is 0 Å². The number of hydrogen-bond acceptors (Lipinski definition) is 2. The highest BCUT2D eigenvalue weighted by molar-refractivity contribution is 7.99. The zero-order chi connectivity index (χ0) is 19.7. The lowest BCUT2D eigenvalue weighted by atomic mass is 10.1. The lowest BCUT2D eigenvalue weighted by Crippen LogP contribution is -2.10. The van der Waals surface area contributed by atoms with Gasteiger partial charge in [-0.3, -0.25) is 0 Å². The summed E-state index contributed by atoms with van der Waals surface area (Å²) < 4.78 is 15.8. The minimum Gasteiger partial charge on any atom is -0.477 e. The summed E-state index contributed by atoms with van der Waals surface area (Å²) in [6, 6.07) is 21.9. The summed E-state index contributed by atoms with van der Waals surface area (Å²) in [5.74, 6) is -1.41. The summed E-state index contributed by atoms with van der Waals surface area (Å²) in [4.78, 5) is 13.7. The minimum absolute atomic E-state index is 0.176. The van der Waals surface area contributed by atoms with Crippen LogP contribution in [0.25, 0.3) is 10.9 Å². The number of hydrogen-bond donors (Lipinski definition) is 1. The fourth-order valence-corrected chi connectivity index (χ4v) is 4.36. The van der Waals surface area contributed by atoms with E-state index in [-0.39, 0.29) is 11.5 Å². The van der Waals surface area contributed by atoms with Crippen molar-refractivity contribution in [2.45, 2.75) is 23.3 Å². The van der Waals surface area contributed by atoms with Gasteiger partial charge in [-0.25, -0.2) is 9.18 Å². The minimum atomic E-state index is -1.03. The predicted octanol–water partition coefficient (Wildman–Crippen LogP) is 5.99. The van der Waals surface area contributed by atoms with Crippen molar-refractivity contribution in [1.29, 1.82) is 0 Å². The van der Waals surface area contributed by atoms with E-state index in [1.54, 1.807) is 10.6 Å². The van der Waals surface area contributed by atoms with Gasteiger partial charge >= 0.3 is 5.97 Å². The highest BCUT2D eigenvalue weighted by Crippen LogP contribution is 2.39. The summed E-state index contributed by atoms with van der Waals surface area (Å²) in [5.41, 5.74) is 3.01. The Balaban J connectivity index is 1.91. The van der Waals surface area contributed by atoms with E-state index < -0.39 is 5.97 Å². The van der Waals surface area contributed by atoms with Crippen LogP contribution in [0.5, 0.6) is 0 Å². The molecule has 0 saturated heterocycles. The Morgan fingerprint density at radius 1 is 1.04 bits per heavy atom. The Kier molecular flexibility index (Phi) is 4.92. The number of benzene rings is 3. The molecule has 1 N–H and O–H groups in total. The first-order chi connectivity index (χ1) is 13.5. The largest absolute Gasteiger partial charge is 0.477 e. The van der Waals surface area contributed by atoms with E-state index in [4.69, 9.17) is 0 Å². The van der Waals surface area contributed by atoms with Crippen LogP contribution in [0, 0.1) is 12.7 Å². The summed E-state index contributed by atoms with van der Waals surface area (Å²) in [6.45, 7) is 2.41. The number of aryl methyl sites for hydroxylation is 1. The molecule has 1 heterocycles. The molecule has 0 radical (unpaired) electrons. The van der Waals surface area contributed by atoms with Crippen molar-refractivity contribution in [2.24, 2.45) is 0 Å². The molecule has 0 atom stereocenters. The first-order valence-corrected chi connectivity index (χ1v) is 9.68. The molecule has 0 amide bonds. The second-order valence-corrected chi connectivity index (χ2v) is 7.71. The fourth-order valence-electron chi connectivity index (χ4n) is 3.26. The molecule has 4 aromatic rings. The molecule has 5 heteroatoms. The van der Waals surface area contributed by atoms with E-state index in [0.717, 1.165) is 16.0 Å². The van der Waals surface area contributed by atoms with Crippen LogP contribution in [0.3, 0.4) is 0 Å². The van der Waals surface area contributed by atoms with Crippen molar-refractivity contribution < 1.29 is 14.3 Å². The SMILES string of the molecule is Cc1ccc(Cn2c(C(=O)O)c(Sc3ccccc3)c3cc(F)ccc32)cc1. The molecule has 140 valence electrons. The smallest absolute Gasteiger partial charge is 0.353 e. The Labute approximate surface area is 166 Å². The Morgan fingerprint density at radius 2 is 1.75 bits per heavy atom. The number of carboxylic acid groups (broad SMARTS) is 1. The topological polar surface area (TPSA) is 42.2 Å². The number of carboxylic acids is 1. The maximum atomic E-state index is 14.0. The molecule has 0 spiro atoms. The highest BCUT2D eigenvalue weighted by Gasteiger charge is 2.24. The zero-order valence-electron chi connectivity index (χ0n) is 15.2. The van der Waals surface area contributed by atoms with Crippen molar-refractivity contribution in [3.05, 3.63) is 95.4 Å². The van der Waals surface area contributed by atoms with Crippen molar-refractivity contribution in [2.75, 3.05) is 0 Å². The third-order valence-electron chi connectivity index (χ3n) is 4.61. The molecule has 0 aliphatic heterocycles. The van der Waals surface area contributed by atoms with E-state index in [1.807, 2.05) is 61.5 Å². The summed E-state index contributed by atoms with van der Waals surface area (Å²) >= 11 is 1.35. The summed E-state index contributed by atoms with van der Waals surface area (Å²) in [7, 11) is 0. The van der Waals surface area contributed by atoms with Gasteiger partial charge in [0.05, 0.1) is 10.4 Å². The van der Waals surface area contributed by atoms with E-state index in [1.165, 1.54) is 23.9 Å². The number of aromatic carboxylic acids is 1. The van der Waals surface area contributed by atoms with E-state index >= 15 is 0 Å². The molecule has 0 aliphatic rings. The van der Waals surface area contributed by atoms with Crippen LogP contribution in [-0.4, -0.2) is 15.6 Å². The van der Waals surface area contributed by atoms with Crippen molar-refractivity contribution >= 4 is 28.6 Å². The molecule has 0 fully saturated rings. The second kappa shape index (κ2) is 7.52. The molecule has 3 nitrogen and oxygen atoms in total. The standard InChI is InChI=1S/C23H18FNO2S/c1-15-7-9-16(10-8-15)14-25-20-12-11-17(24)13-19(20)22(21(25)23(26)27)28-18-5-3-2-4-6-18/h2-13H,14H2,1H3,(H,26,27). The van der Waals surface area contributed by atoms with Crippen LogP contribution >= 0.6 is 11.8 Å². The Hall–Kier alpha value is -3.05. The zero-order valence-corrected chi connectivity index (χ0v) is 16.0. The lowest BCUT2D eigenvalue weighted by molar-refractivity contribution is 0.0682. The summed E-state index contributed by atoms with van der Waals surface area (Å²) in [5, 5.41) is 10.6. The molecule has 1 aromatic heterocycles. The van der Waals surface area contributed by atoms with Gasteiger partial charge in [-0.2, -0.15) is 0 Å². The van der Waals surface area contributed by atoms with Gasteiger partial charge in [-0.05, 0) is 42.8 Å². The lowest BCUT2D eigenvalue weighted by Gasteiger charge is -2.10. The Bertz CT molecular complexity index is 1150. The van der Waals surface area contributed by atoms with Gasteiger partial charge in [-0.15, -0.1) is 0 Å². The number of nitrogens with zero attached hydrogens (tertiary/aromatic N) is 1. The van der Waals surface area contributed by atoms with Crippen molar-refractivity contribution in [3.8, 4) is 0 Å². The highest BCUT2D eigenvalue weighted by atomic mass is 32.2. The summed E-state index contributed by atoms with van der Waals surface area (Å²) in [6.07, 6.45) is 0.